The first kappa shape index (κ1) is 16.8. The molecule has 0 fully saturated rings. The molecule has 1 aromatic carbocycles. The molecule has 0 aliphatic rings. The average molecular weight is 334 g/mol. The third kappa shape index (κ3) is 4.43. The van der Waals surface area contributed by atoms with Crippen molar-refractivity contribution in [2.75, 3.05) is 12.4 Å². The average Bonchev–Trinajstić information content (AvgIpc) is 2.55. The predicted molar refractivity (Wildman–Crippen MR) is 87.6 cm³/mol. The van der Waals surface area contributed by atoms with Gasteiger partial charge in [0.15, 0.2) is 0 Å². The van der Waals surface area contributed by atoms with E-state index in [9.17, 15) is 9.59 Å². The smallest absolute Gasteiger partial charge is 0.339 e. The van der Waals surface area contributed by atoms with Gasteiger partial charge in [-0.3, -0.25) is 4.98 Å². The van der Waals surface area contributed by atoms with Crippen LogP contribution >= 0.6 is 11.6 Å². The zero-order chi connectivity index (χ0) is 16.8. The highest BCUT2D eigenvalue weighted by molar-refractivity contribution is 6.33. The third-order valence-corrected chi connectivity index (χ3v) is 3.50. The normalized spacial score (nSPS) is 11.4. The van der Waals surface area contributed by atoms with Crippen LogP contribution in [0.4, 0.5) is 10.5 Å². The van der Waals surface area contributed by atoms with Gasteiger partial charge in [0.05, 0.1) is 23.7 Å². The second kappa shape index (κ2) is 7.60. The Morgan fingerprint density at radius 2 is 1.91 bits per heavy atom. The van der Waals surface area contributed by atoms with Crippen LogP contribution in [0.25, 0.3) is 0 Å². The van der Waals surface area contributed by atoms with Gasteiger partial charge in [0.2, 0.25) is 0 Å². The maximum atomic E-state index is 12.0. The topological polar surface area (TPSA) is 80.3 Å². The first-order chi connectivity index (χ1) is 11.0. The quantitative estimate of drug-likeness (QED) is 0.840. The number of anilines is 1. The fraction of sp³-hybridized carbons (Fsp3) is 0.188. The number of nitrogens with one attached hydrogen (secondary N) is 2. The van der Waals surface area contributed by atoms with Crippen molar-refractivity contribution in [3.05, 3.63) is 58.9 Å². The lowest BCUT2D eigenvalue weighted by Gasteiger charge is -2.15. The lowest BCUT2D eigenvalue weighted by atomic mass is 10.1. The molecule has 0 spiro atoms. The van der Waals surface area contributed by atoms with Gasteiger partial charge in [-0.25, -0.2) is 9.59 Å². The molecule has 6 nitrogen and oxygen atoms in total. The monoisotopic (exact) mass is 333 g/mol. The Kier molecular flexibility index (Phi) is 5.54. The molecule has 23 heavy (non-hydrogen) atoms. The van der Waals surface area contributed by atoms with Crippen molar-refractivity contribution in [1.29, 1.82) is 0 Å². The van der Waals surface area contributed by atoms with E-state index in [0.29, 0.717) is 5.69 Å². The molecule has 0 bridgehead atoms. The van der Waals surface area contributed by atoms with Crippen LogP contribution in [-0.2, 0) is 4.74 Å². The van der Waals surface area contributed by atoms with Crippen LogP contribution in [0, 0.1) is 0 Å². The number of halogens is 1. The van der Waals surface area contributed by atoms with Crippen LogP contribution in [0.5, 0.6) is 0 Å². The van der Waals surface area contributed by atoms with Gasteiger partial charge in [0.1, 0.15) is 0 Å². The Morgan fingerprint density at radius 1 is 1.22 bits per heavy atom. The number of urea groups is 1. The maximum Gasteiger partial charge on any atom is 0.339 e. The van der Waals surface area contributed by atoms with Crippen molar-refractivity contribution in [3.8, 4) is 0 Å². The van der Waals surface area contributed by atoms with E-state index in [1.807, 2.05) is 19.1 Å². The zero-order valence-corrected chi connectivity index (χ0v) is 13.4. The van der Waals surface area contributed by atoms with Crippen molar-refractivity contribution in [2.45, 2.75) is 13.0 Å². The number of pyridine rings is 1. The summed E-state index contributed by atoms with van der Waals surface area (Å²) in [5.41, 5.74) is 1.65. The molecular weight excluding hydrogens is 318 g/mol. The molecule has 1 atom stereocenters. The van der Waals surface area contributed by atoms with E-state index in [0.717, 1.165) is 5.56 Å². The van der Waals surface area contributed by atoms with E-state index < -0.39 is 5.97 Å². The van der Waals surface area contributed by atoms with Gasteiger partial charge >= 0.3 is 12.0 Å². The van der Waals surface area contributed by atoms with Crippen molar-refractivity contribution >= 4 is 29.3 Å². The summed E-state index contributed by atoms with van der Waals surface area (Å²) >= 11 is 6.01. The minimum atomic E-state index is -0.530. The highest BCUT2D eigenvalue weighted by atomic mass is 35.5. The van der Waals surface area contributed by atoms with Gasteiger partial charge < -0.3 is 15.4 Å². The van der Waals surface area contributed by atoms with Gasteiger partial charge in [-0.2, -0.15) is 0 Å². The van der Waals surface area contributed by atoms with Crippen molar-refractivity contribution in [1.82, 2.24) is 10.3 Å². The largest absolute Gasteiger partial charge is 0.465 e. The van der Waals surface area contributed by atoms with Crippen LogP contribution in [-0.4, -0.2) is 24.1 Å². The number of aromatic nitrogens is 1. The van der Waals surface area contributed by atoms with Crippen LogP contribution in [0.3, 0.4) is 0 Å². The van der Waals surface area contributed by atoms with Crippen LogP contribution in [0.15, 0.2) is 42.7 Å². The number of rotatable bonds is 4. The van der Waals surface area contributed by atoms with Gasteiger partial charge in [0.25, 0.3) is 0 Å². The Labute approximate surface area is 138 Å². The molecule has 0 aliphatic carbocycles. The lowest BCUT2D eigenvalue weighted by molar-refractivity contribution is 0.0601. The van der Waals surface area contributed by atoms with Gasteiger partial charge in [-0.05, 0) is 42.8 Å². The lowest BCUT2D eigenvalue weighted by Crippen LogP contribution is -2.31. The molecule has 0 saturated heterocycles. The van der Waals surface area contributed by atoms with Gasteiger partial charge in [0, 0.05) is 18.1 Å². The Bertz CT molecular complexity index is 707. The Hall–Kier alpha value is -2.60. The van der Waals surface area contributed by atoms with E-state index in [1.165, 1.54) is 19.2 Å². The van der Waals surface area contributed by atoms with Crippen molar-refractivity contribution in [2.24, 2.45) is 0 Å². The third-order valence-electron chi connectivity index (χ3n) is 3.19. The predicted octanol–water partition coefficient (Wildman–Crippen LogP) is 3.40. The second-order valence-corrected chi connectivity index (χ2v) is 5.19. The SMILES string of the molecule is COC(=O)c1ccc(NC(=O)NC(C)c2ccncc2)cc1Cl. The first-order valence-corrected chi connectivity index (χ1v) is 7.24. The van der Waals surface area contributed by atoms with E-state index in [-0.39, 0.29) is 22.7 Å². The summed E-state index contributed by atoms with van der Waals surface area (Å²) in [6.07, 6.45) is 3.33. The molecule has 0 radical (unpaired) electrons. The number of carbonyl (C=O) groups excluding carboxylic acids is 2. The number of ether oxygens (including phenoxy) is 1. The number of esters is 1. The summed E-state index contributed by atoms with van der Waals surface area (Å²) in [7, 11) is 1.28. The van der Waals surface area contributed by atoms with E-state index in [4.69, 9.17) is 11.6 Å². The molecule has 2 N–H and O–H groups in total. The van der Waals surface area contributed by atoms with E-state index >= 15 is 0 Å². The molecule has 2 amide bonds. The number of hydrogen-bond acceptors (Lipinski definition) is 4. The first-order valence-electron chi connectivity index (χ1n) is 6.86. The van der Waals surface area contributed by atoms with E-state index in [1.54, 1.807) is 18.5 Å². The molecule has 2 rings (SSSR count). The molecular formula is C16H16ClN3O3. The summed E-state index contributed by atoms with van der Waals surface area (Å²) in [4.78, 5) is 27.4. The molecule has 120 valence electrons. The van der Waals surface area contributed by atoms with Crippen LogP contribution in [0.2, 0.25) is 5.02 Å². The van der Waals surface area contributed by atoms with Crippen molar-refractivity contribution in [3.63, 3.8) is 0 Å². The molecule has 1 unspecified atom stereocenters. The minimum Gasteiger partial charge on any atom is -0.465 e. The molecule has 1 aromatic heterocycles. The number of hydrogen-bond donors (Lipinski definition) is 2. The Morgan fingerprint density at radius 3 is 2.52 bits per heavy atom. The van der Waals surface area contributed by atoms with Gasteiger partial charge in [-0.1, -0.05) is 11.6 Å². The fourth-order valence-corrected chi connectivity index (χ4v) is 2.23. The molecule has 1 heterocycles. The molecule has 0 aliphatic heterocycles. The molecule has 0 saturated carbocycles. The number of amides is 2. The second-order valence-electron chi connectivity index (χ2n) is 4.79. The highest BCUT2D eigenvalue weighted by Gasteiger charge is 2.13. The molecule has 2 aromatic rings. The maximum absolute atomic E-state index is 12.0. The fourth-order valence-electron chi connectivity index (χ4n) is 1.97. The number of nitrogens with zero attached hydrogens (tertiary/aromatic N) is 1. The molecule has 7 heteroatoms. The van der Waals surface area contributed by atoms with Crippen molar-refractivity contribution < 1.29 is 14.3 Å². The summed E-state index contributed by atoms with van der Waals surface area (Å²) in [6.45, 7) is 1.86. The number of methoxy groups -OCH3 is 1. The summed E-state index contributed by atoms with van der Waals surface area (Å²) < 4.78 is 4.61. The zero-order valence-electron chi connectivity index (χ0n) is 12.7. The summed E-state index contributed by atoms with van der Waals surface area (Å²) in [5, 5.41) is 5.67. The highest BCUT2D eigenvalue weighted by Crippen LogP contribution is 2.22. The van der Waals surface area contributed by atoms with Gasteiger partial charge in [-0.15, -0.1) is 0 Å². The Balaban J connectivity index is 2.00. The van der Waals surface area contributed by atoms with E-state index in [2.05, 4.69) is 20.4 Å². The summed E-state index contributed by atoms with van der Waals surface area (Å²) in [5.74, 6) is -0.530. The number of benzene rings is 1. The standard InChI is InChI=1S/C16H16ClN3O3/c1-10(11-5-7-18-8-6-11)19-16(22)20-12-3-4-13(14(17)9-12)15(21)23-2/h3-10H,1-2H3,(H2,19,20,22). The van der Waals surface area contributed by atoms with Crippen LogP contribution in [0.1, 0.15) is 28.9 Å². The summed E-state index contributed by atoms with van der Waals surface area (Å²) in [6, 6.07) is 7.66. The van der Waals surface area contributed by atoms with Crippen LogP contribution < -0.4 is 10.6 Å². The number of carbonyl (C=O) groups is 2. The minimum absolute atomic E-state index is 0.178.